The SMILES string of the molecule is Nc1nc(C(=NOCc2ccccc2CC(=O)O)C(=O)N[C@@H]2C(=O)N3C(C(=O)O)=C(CSc4nnc(-c5ccc(O)c(O)c5)s4)CS[C@@H]23)cs1. The molecule has 2 aliphatic rings. The second-order valence-corrected chi connectivity index (χ2v) is 14.8. The zero-order chi connectivity index (χ0) is 35.5. The summed E-state index contributed by atoms with van der Waals surface area (Å²) in [5.41, 5.74) is 7.52. The van der Waals surface area contributed by atoms with Crippen LogP contribution in [-0.4, -0.2) is 92.9 Å². The minimum atomic E-state index is -1.29. The van der Waals surface area contributed by atoms with Crippen LogP contribution in [0.4, 0.5) is 5.13 Å². The number of aromatic hydroxyl groups is 2. The molecule has 2 aromatic carbocycles. The molecule has 1 saturated heterocycles. The van der Waals surface area contributed by atoms with Crippen molar-refractivity contribution in [2.75, 3.05) is 17.2 Å². The fourth-order valence-electron chi connectivity index (χ4n) is 4.99. The molecule has 6 rings (SSSR count). The third-order valence-electron chi connectivity index (χ3n) is 7.35. The number of benzene rings is 2. The van der Waals surface area contributed by atoms with Crippen LogP contribution < -0.4 is 11.1 Å². The van der Waals surface area contributed by atoms with Gasteiger partial charge in [-0.2, -0.15) is 0 Å². The van der Waals surface area contributed by atoms with Gasteiger partial charge in [0.1, 0.15) is 34.4 Å². The molecule has 0 bridgehead atoms. The zero-order valence-corrected chi connectivity index (χ0v) is 28.6. The van der Waals surface area contributed by atoms with Crippen molar-refractivity contribution in [2.24, 2.45) is 5.16 Å². The number of nitrogens with one attached hydrogen (secondary N) is 1. The predicted octanol–water partition coefficient (Wildman–Crippen LogP) is 2.73. The molecule has 2 amide bonds. The molecule has 0 saturated carbocycles. The van der Waals surface area contributed by atoms with E-state index in [0.29, 0.717) is 31.6 Å². The molecule has 0 unspecified atom stereocenters. The summed E-state index contributed by atoms with van der Waals surface area (Å²) in [7, 11) is 0. The maximum absolute atomic E-state index is 13.5. The molecule has 50 heavy (non-hydrogen) atoms. The molecule has 1 fully saturated rings. The van der Waals surface area contributed by atoms with Crippen molar-refractivity contribution >= 4 is 80.8 Å². The predicted molar refractivity (Wildman–Crippen MR) is 185 cm³/mol. The van der Waals surface area contributed by atoms with Crippen LogP contribution in [0.25, 0.3) is 10.6 Å². The average molecular weight is 756 g/mol. The molecule has 0 aliphatic carbocycles. The van der Waals surface area contributed by atoms with Crippen molar-refractivity contribution in [3.05, 3.63) is 75.9 Å². The van der Waals surface area contributed by atoms with Gasteiger partial charge in [0.2, 0.25) is 0 Å². The molecule has 258 valence electrons. The lowest BCUT2D eigenvalue weighted by Crippen LogP contribution is -2.71. The molecule has 4 aromatic rings. The number of carboxylic acids is 2. The van der Waals surface area contributed by atoms with E-state index in [0.717, 1.165) is 16.2 Å². The second-order valence-electron chi connectivity index (χ2n) is 10.6. The third-order valence-corrected chi connectivity index (χ3v) is 11.6. The van der Waals surface area contributed by atoms with Gasteiger partial charge in [-0.15, -0.1) is 33.3 Å². The Hall–Kier alpha value is -5.18. The number of fused-ring (bicyclic) bond motifs is 1. The summed E-state index contributed by atoms with van der Waals surface area (Å²) in [5, 5.41) is 54.9. The highest BCUT2D eigenvalue weighted by Crippen LogP contribution is 2.42. The van der Waals surface area contributed by atoms with Gasteiger partial charge in [0.05, 0.1) is 6.42 Å². The summed E-state index contributed by atoms with van der Waals surface area (Å²) >= 11 is 4.81. The van der Waals surface area contributed by atoms with Crippen LogP contribution in [0.3, 0.4) is 0 Å². The van der Waals surface area contributed by atoms with Crippen molar-refractivity contribution in [2.45, 2.75) is 28.8 Å². The molecule has 2 atom stereocenters. The maximum Gasteiger partial charge on any atom is 0.352 e. The first-order valence-electron chi connectivity index (χ1n) is 14.4. The number of aromatic nitrogens is 3. The molecule has 0 spiro atoms. The van der Waals surface area contributed by atoms with Crippen molar-refractivity contribution < 1.29 is 44.4 Å². The molecule has 16 nitrogen and oxygen atoms in total. The van der Waals surface area contributed by atoms with Crippen LogP contribution in [0, 0.1) is 0 Å². The van der Waals surface area contributed by atoms with Crippen LogP contribution in [0.1, 0.15) is 16.8 Å². The number of β-lactam (4-membered cyclic amide) rings is 1. The Labute approximate surface area is 298 Å². The maximum atomic E-state index is 13.5. The largest absolute Gasteiger partial charge is 0.504 e. The summed E-state index contributed by atoms with van der Waals surface area (Å²) in [5.74, 6) is -3.85. The van der Waals surface area contributed by atoms with Crippen LogP contribution in [0.15, 0.2) is 68.6 Å². The first-order chi connectivity index (χ1) is 24.0. The summed E-state index contributed by atoms with van der Waals surface area (Å²) in [6.45, 7) is -0.152. The topological polar surface area (TPSA) is 251 Å². The van der Waals surface area contributed by atoms with E-state index in [2.05, 4.69) is 25.7 Å². The summed E-state index contributed by atoms with van der Waals surface area (Å²) < 4.78 is 0.527. The number of thiazole rings is 1. The number of hydrogen-bond acceptors (Lipinski definition) is 16. The fourth-order valence-corrected chi connectivity index (χ4v) is 8.88. The van der Waals surface area contributed by atoms with Crippen molar-refractivity contribution in [3.8, 4) is 22.1 Å². The average Bonchev–Trinajstić information content (AvgIpc) is 3.74. The number of amides is 2. The van der Waals surface area contributed by atoms with Gasteiger partial charge < -0.3 is 36.3 Å². The normalized spacial score (nSPS) is 17.2. The highest BCUT2D eigenvalue weighted by molar-refractivity contribution is 8.01. The highest BCUT2D eigenvalue weighted by Gasteiger charge is 2.54. The Balaban J connectivity index is 1.14. The summed E-state index contributed by atoms with van der Waals surface area (Å²) in [4.78, 5) is 61.2. The van der Waals surface area contributed by atoms with E-state index in [-0.39, 0.29) is 58.3 Å². The molecule has 7 N–H and O–H groups in total. The quantitative estimate of drug-likeness (QED) is 0.0377. The van der Waals surface area contributed by atoms with Gasteiger partial charge in [0, 0.05) is 22.4 Å². The Morgan fingerprint density at radius 1 is 1.10 bits per heavy atom. The minimum absolute atomic E-state index is 0.0937. The van der Waals surface area contributed by atoms with Crippen molar-refractivity contribution in [1.82, 2.24) is 25.4 Å². The van der Waals surface area contributed by atoms with E-state index in [4.69, 9.17) is 10.6 Å². The minimum Gasteiger partial charge on any atom is -0.504 e. The number of thioether (sulfide) groups is 2. The summed E-state index contributed by atoms with van der Waals surface area (Å²) in [6, 6.07) is 9.92. The molecule has 2 aromatic heterocycles. The van der Waals surface area contributed by atoms with Gasteiger partial charge in [0.15, 0.2) is 26.7 Å². The Morgan fingerprint density at radius 3 is 2.58 bits per heavy atom. The number of nitrogens with two attached hydrogens (primary N) is 1. The molecular formula is C30H25N7O9S4. The Kier molecular flexibility index (Phi) is 10.2. The number of nitrogens with zero attached hydrogens (tertiary/aromatic N) is 5. The lowest BCUT2D eigenvalue weighted by molar-refractivity contribution is -0.150. The number of carboxylic acid groups (broad SMARTS) is 2. The number of anilines is 1. The standard InChI is InChI=1S/C30H25N7O9S4/c31-29-32-17(12-48-29)21(36-46-9-15-4-2-1-3-13(15)8-20(40)41)24(42)33-22-26(43)37-23(28(44)45)16(10-47-27(22)37)11-49-30-35-34-25(50-30)14-5-6-18(38)19(39)7-14/h1-7,12,22,27,38-39H,8-11H2,(H2,31,32)(H,33,42)(H,40,41)(H,44,45)/t22-,27+/m1/s1. The summed E-state index contributed by atoms with van der Waals surface area (Å²) in [6.07, 6.45) is -0.234. The number of oxime groups is 1. The number of aliphatic carboxylic acids is 2. The van der Waals surface area contributed by atoms with Gasteiger partial charge >= 0.3 is 11.9 Å². The van der Waals surface area contributed by atoms with E-state index in [1.807, 2.05) is 0 Å². The monoisotopic (exact) mass is 755 g/mol. The number of carbonyl (C=O) groups is 4. The Morgan fingerprint density at radius 2 is 1.88 bits per heavy atom. The van der Waals surface area contributed by atoms with Crippen LogP contribution >= 0.6 is 46.2 Å². The lowest BCUT2D eigenvalue weighted by Gasteiger charge is -2.49. The number of phenols is 2. The number of phenolic OH excluding ortho intramolecular Hbond substituents is 2. The smallest absolute Gasteiger partial charge is 0.352 e. The van der Waals surface area contributed by atoms with Gasteiger partial charge in [-0.3, -0.25) is 19.3 Å². The number of hydrogen-bond donors (Lipinski definition) is 6. The van der Waals surface area contributed by atoms with Gasteiger partial charge in [0.25, 0.3) is 11.8 Å². The van der Waals surface area contributed by atoms with Gasteiger partial charge in [-0.1, -0.05) is 52.5 Å². The highest BCUT2D eigenvalue weighted by atomic mass is 32.2. The second kappa shape index (κ2) is 14.7. The third kappa shape index (κ3) is 7.37. The molecule has 20 heteroatoms. The molecule has 0 radical (unpaired) electrons. The first-order valence-corrected chi connectivity index (χ1v) is 18.1. The van der Waals surface area contributed by atoms with Crippen molar-refractivity contribution in [1.29, 1.82) is 0 Å². The van der Waals surface area contributed by atoms with E-state index in [1.165, 1.54) is 52.4 Å². The first kappa shape index (κ1) is 34.7. The van der Waals surface area contributed by atoms with E-state index >= 15 is 0 Å². The number of nitrogen functional groups attached to an aromatic ring is 1. The van der Waals surface area contributed by atoms with Crippen LogP contribution in [0.2, 0.25) is 0 Å². The van der Waals surface area contributed by atoms with E-state index in [9.17, 15) is 39.6 Å². The van der Waals surface area contributed by atoms with E-state index < -0.39 is 35.2 Å². The zero-order valence-electron chi connectivity index (χ0n) is 25.4. The molecular weight excluding hydrogens is 731 g/mol. The number of carbonyl (C=O) groups excluding carboxylic acids is 2. The van der Waals surface area contributed by atoms with Gasteiger partial charge in [-0.05, 0) is 34.9 Å². The molecule has 4 heterocycles. The van der Waals surface area contributed by atoms with Crippen molar-refractivity contribution in [3.63, 3.8) is 0 Å². The van der Waals surface area contributed by atoms with E-state index in [1.54, 1.807) is 30.3 Å². The van der Waals surface area contributed by atoms with Crippen LogP contribution in [0.5, 0.6) is 11.5 Å². The Bertz CT molecular complexity index is 2060. The fraction of sp³-hybridized carbons (Fsp3) is 0.200. The molecule has 2 aliphatic heterocycles. The van der Waals surface area contributed by atoms with Gasteiger partial charge in [-0.25, -0.2) is 9.78 Å². The van der Waals surface area contributed by atoms with Crippen LogP contribution in [-0.2, 0) is 37.0 Å². The number of rotatable bonds is 13. The lowest BCUT2D eigenvalue weighted by atomic mass is 10.0.